The van der Waals surface area contributed by atoms with Crippen LogP contribution in [0, 0.1) is 6.92 Å². The molecule has 7 heteroatoms. The Morgan fingerprint density at radius 1 is 1.30 bits per heavy atom. The molecule has 3 aromatic rings. The first-order valence-corrected chi connectivity index (χ1v) is 8.18. The first-order chi connectivity index (χ1) is 11.2. The molecule has 0 aliphatic carbocycles. The summed E-state index contributed by atoms with van der Waals surface area (Å²) in [6.45, 7) is 2.18. The van der Waals surface area contributed by atoms with E-state index >= 15 is 0 Å². The number of rotatable bonds is 6. The SMILES string of the molecule is Cc1ccsc1[C@@H](Cc1ccccc1)NC(=O)Cn1cnnn1. The summed E-state index contributed by atoms with van der Waals surface area (Å²) in [5.74, 6) is -0.106. The van der Waals surface area contributed by atoms with Crippen LogP contribution in [-0.2, 0) is 17.8 Å². The van der Waals surface area contributed by atoms with E-state index in [1.165, 1.54) is 27.0 Å². The lowest BCUT2D eigenvalue weighted by atomic mass is 10.0. The Morgan fingerprint density at radius 2 is 2.13 bits per heavy atom. The molecule has 2 aromatic heterocycles. The first-order valence-electron chi connectivity index (χ1n) is 7.30. The second kappa shape index (κ2) is 7.15. The minimum atomic E-state index is -0.106. The minimum absolute atomic E-state index is 0.0543. The lowest BCUT2D eigenvalue weighted by Gasteiger charge is -2.19. The van der Waals surface area contributed by atoms with Gasteiger partial charge in [0.15, 0.2) is 0 Å². The minimum Gasteiger partial charge on any atom is -0.347 e. The van der Waals surface area contributed by atoms with Crippen molar-refractivity contribution in [1.29, 1.82) is 0 Å². The van der Waals surface area contributed by atoms with Crippen molar-refractivity contribution in [2.75, 3.05) is 0 Å². The van der Waals surface area contributed by atoms with Gasteiger partial charge in [-0.2, -0.15) is 0 Å². The van der Waals surface area contributed by atoms with Gasteiger partial charge in [-0.15, -0.1) is 16.4 Å². The normalized spacial score (nSPS) is 12.0. The van der Waals surface area contributed by atoms with Crippen LogP contribution >= 0.6 is 11.3 Å². The highest BCUT2D eigenvalue weighted by Gasteiger charge is 2.18. The molecule has 0 bridgehead atoms. The van der Waals surface area contributed by atoms with Gasteiger partial charge in [0.05, 0.1) is 6.04 Å². The number of benzene rings is 1. The molecule has 0 radical (unpaired) electrons. The molecular weight excluding hydrogens is 310 g/mol. The van der Waals surface area contributed by atoms with Gasteiger partial charge in [0, 0.05) is 4.88 Å². The van der Waals surface area contributed by atoms with Crippen LogP contribution in [0.5, 0.6) is 0 Å². The Labute approximate surface area is 138 Å². The third-order valence-corrected chi connectivity index (χ3v) is 4.67. The number of nitrogens with one attached hydrogen (secondary N) is 1. The van der Waals surface area contributed by atoms with E-state index in [0.717, 1.165) is 6.42 Å². The van der Waals surface area contributed by atoms with Crippen molar-refractivity contribution in [3.63, 3.8) is 0 Å². The molecule has 118 valence electrons. The number of aromatic nitrogens is 4. The summed E-state index contributed by atoms with van der Waals surface area (Å²) in [6.07, 6.45) is 2.19. The molecule has 6 nitrogen and oxygen atoms in total. The molecule has 23 heavy (non-hydrogen) atoms. The summed E-state index contributed by atoms with van der Waals surface area (Å²) < 4.78 is 1.41. The molecule has 2 heterocycles. The Hall–Kier alpha value is -2.54. The van der Waals surface area contributed by atoms with Crippen molar-refractivity contribution in [3.05, 3.63) is 64.1 Å². The van der Waals surface area contributed by atoms with Crippen LogP contribution in [0.3, 0.4) is 0 Å². The number of carbonyl (C=O) groups excluding carboxylic acids is 1. The fourth-order valence-electron chi connectivity index (χ4n) is 2.44. The van der Waals surface area contributed by atoms with Crippen LogP contribution in [0.1, 0.15) is 22.0 Å². The highest BCUT2D eigenvalue weighted by Crippen LogP contribution is 2.27. The van der Waals surface area contributed by atoms with Crippen molar-refractivity contribution in [2.24, 2.45) is 0 Å². The molecule has 1 N–H and O–H groups in total. The number of carbonyl (C=O) groups is 1. The molecule has 0 unspecified atom stereocenters. The summed E-state index contributed by atoms with van der Waals surface area (Å²) in [6, 6.07) is 12.2. The fraction of sp³-hybridized carbons (Fsp3) is 0.250. The molecule has 1 atom stereocenters. The molecule has 1 amide bonds. The number of aryl methyl sites for hydroxylation is 1. The van der Waals surface area contributed by atoms with E-state index in [4.69, 9.17) is 0 Å². The Morgan fingerprint density at radius 3 is 2.78 bits per heavy atom. The molecule has 3 rings (SSSR count). The average molecular weight is 327 g/mol. The zero-order valence-electron chi connectivity index (χ0n) is 12.7. The number of hydrogen-bond donors (Lipinski definition) is 1. The van der Waals surface area contributed by atoms with E-state index in [-0.39, 0.29) is 18.5 Å². The number of tetrazole rings is 1. The summed E-state index contributed by atoms with van der Waals surface area (Å²) in [5, 5.41) is 16.0. The Kier molecular flexibility index (Phi) is 4.77. The van der Waals surface area contributed by atoms with Crippen LogP contribution in [0.15, 0.2) is 48.1 Å². The second-order valence-corrected chi connectivity index (χ2v) is 6.23. The van der Waals surface area contributed by atoms with Crippen molar-refractivity contribution in [1.82, 2.24) is 25.5 Å². The van der Waals surface area contributed by atoms with E-state index < -0.39 is 0 Å². The van der Waals surface area contributed by atoms with E-state index in [2.05, 4.69) is 51.3 Å². The monoisotopic (exact) mass is 327 g/mol. The summed E-state index contributed by atoms with van der Waals surface area (Å²) in [4.78, 5) is 13.5. The van der Waals surface area contributed by atoms with Gasteiger partial charge in [-0.1, -0.05) is 30.3 Å². The summed E-state index contributed by atoms with van der Waals surface area (Å²) in [5.41, 5.74) is 2.38. The van der Waals surface area contributed by atoms with Crippen molar-refractivity contribution < 1.29 is 4.79 Å². The topological polar surface area (TPSA) is 72.7 Å². The highest BCUT2D eigenvalue weighted by atomic mass is 32.1. The third kappa shape index (κ3) is 4.01. The highest BCUT2D eigenvalue weighted by molar-refractivity contribution is 7.10. The quantitative estimate of drug-likeness (QED) is 0.753. The van der Waals surface area contributed by atoms with Crippen molar-refractivity contribution in [2.45, 2.75) is 25.9 Å². The fourth-order valence-corrected chi connectivity index (χ4v) is 3.42. The lowest BCUT2D eigenvalue weighted by Crippen LogP contribution is -2.32. The number of nitrogens with zero attached hydrogens (tertiary/aromatic N) is 4. The Balaban J connectivity index is 1.75. The van der Waals surface area contributed by atoms with Gasteiger partial charge < -0.3 is 5.32 Å². The zero-order chi connectivity index (χ0) is 16.1. The van der Waals surface area contributed by atoms with Gasteiger partial charge in [-0.3, -0.25) is 4.79 Å². The van der Waals surface area contributed by atoms with Gasteiger partial charge >= 0.3 is 0 Å². The van der Waals surface area contributed by atoms with Gasteiger partial charge in [0.25, 0.3) is 0 Å². The van der Waals surface area contributed by atoms with Gasteiger partial charge in [0.2, 0.25) is 5.91 Å². The standard InChI is InChI=1S/C16H17N5OS/c1-12-7-8-23-16(12)14(9-13-5-3-2-4-6-13)18-15(22)10-21-11-17-19-20-21/h2-8,11,14H,9-10H2,1H3,(H,18,22)/t14-/m1/s1. The van der Waals surface area contributed by atoms with Crippen LogP contribution in [-0.4, -0.2) is 26.1 Å². The van der Waals surface area contributed by atoms with Crippen LogP contribution < -0.4 is 5.32 Å². The maximum atomic E-state index is 12.3. The largest absolute Gasteiger partial charge is 0.347 e. The maximum Gasteiger partial charge on any atom is 0.242 e. The van der Waals surface area contributed by atoms with E-state index in [9.17, 15) is 4.79 Å². The van der Waals surface area contributed by atoms with Crippen molar-refractivity contribution >= 4 is 17.2 Å². The van der Waals surface area contributed by atoms with Crippen molar-refractivity contribution in [3.8, 4) is 0 Å². The van der Waals surface area contributed by atoms with Crippen LogP contribution in [0.2, 0.25) is 0 Å². The molecular formula is C16H17N5OS. The average Bonchev–Trinajstić information content (AvgIpc) is 3.19. The molecule has 0 saturated carbocycles. The second-order valence-electron chi connectivity index (χ2n) is 5.29. The lowest BCUT2D eigenvalue weighted by molar-refractivity contribution is -0.122. The van der Waals surface area contributed by atoms with Gasteiger partial charge in [0.1, 0.15) is 12.9 Å². The number of hydrogen-bond acceptors (Lipinski definition) is 5. The molecule has 0 saturated heterocycles. The predicted molar refractivity (Wildman–Crippen MR) is 87.9 cm³/mol. The molecule has 0 aliphatic heterocycles. The van der Waals surface area contributed by atoms with Crippen LogP contribution in [0.25, 0.3) is 0 Å². The Bertz CT molecular complexity index is 754. The number of amides is 1. The molecule has 0 spiro atoms. The summed E-state index contributed by atoms with van der Waals surface area (Å²) in [7, 11) is 0. The van der Waals surface area contributed by atoms with E-state index in [1.54, 1.807) is 11.3 Å². The smallest absolute Gasteiger partial charge is 0.242 e. The molecule has 0 fully saturated rings. The predicted octanol–water partition coefficient (Wildman–Crippen LogP) is 2.14. The molecule has 0 aliphatic rings. The van der Waals surface area contributed by atoms with E-state index in [0.29, 0.717) is 0 Å². The van der Waals surface area contributed by atoms with Gasteiger partial charge in [-0.05, 0) is 46.3 Å². The first kappa shape index (κ1) is 15.4. The number of thiophene rings is 1. The zero-order valence-corrected chi connectivity index (χ0v) is 13.5. The van der Waals surface area contributed by atoms with E-state index in [1.807, 2.05) is 18.2 Å². The maximum absolute atomic E-state index is 12.3. The summed E-state index contributed by atoms with van der Waals surface area (Å²) >= 11 is 1.67. The van der Waals surface area contributed by atoms with Crippen LogP contribution in [0.4, 0.5) is 0 Å². The molecule has 1 aromatic carbocycles. The van der Waals surface area contributed by atoms with Gasteiger partial charge in [-0.25, -0.2) is 4.68 Å². The third-order valence-electron chi connectivity index (χ3n) is 3.53.